The Balaban J connectivity index is 4.12. The molecule has 0 spiro atoms. The summed E-state index contributed by atoms with van der Waals surface area (Å²) in [5.41, 5.74) is 0.0550. The number of unbranched alkanes of at least 4 members (excludes halogenated alkanes) is 6. The molecule has 0 bridgehead atoms. The van der Waals surface area contributed by atoms with Gasteiger partial charge in [-0.1, -0.05) is 51.9 Å². The summed E-state index contributed by atoms with van der Waals surface area (Å²) in [6.45, 7) is 3.04. The molecule has 2 N–H and O–H groups in total. The lowest BCUT2D eigenvalue weighted by Crippen LogP contribution is -2.50. The van der Waals surface area contributed by atoms with Crippen molar-refractivity contribution in [2.75, 3.05) is 0 Å². The van der Waals surface area contributed by atoms with Gasteiger partial charge in [-0.15, -0.1) is 0 Å². The molecule has 0 heterocycles. The molecule has 0 aliphatic rings. The predicted molar refractivity (Wildman–Crippen MR) is 70.2 cm³/mol. The van der Waals surface area contributed by atoms with E-state index in [-0.39, 0.29) is 6.42 Å². The highest BCUT2D eigenvalue weighted by Gasteiger charge is 2.55. The van der Waals surface area contributed by atoms with Crippen molar-refractivity contribution in [1.29, 1.82) is 0 Å². The Bertz CT molecular complexity index is 350. The average Bonchev–Trinajstić information content (AvgIpc) is 2.26. The topological polar surface area (TPSA) is 60.2 Å². The summed E-state index contributed by atoms with van der Waals surface area (Å²) in [7, 11) is -5.30. The zero-order valence-corrected chi connectivity index (χ0v) is 12.4. The van der Waals surface area contributed by atoms with E-state index in [0.29, 0.717) is 12.8 Å². The number of halogens is 3. The molecule has 0 radical (unpaired) electrons. The first-order valence-corrected chi connectivity index (χ1v) is 8.14. The Hall–Kier alpha value is -0.300. The molecule has 19 heavy (non-hydrogen) atoms. The largest absolute Gasteiger partial charge is 0.499 e. The third-order valence-corrected chi connectivity index (χ3v) is 5.24. The fourth-order valence-corrected chi connectivity index (χ4v) is 2.77. The highest BCUT2D eigenvalue weighted by Crippen LogP contribution is 2.33. The SMILES string of the molecule is CCCCCCCCC[C@@](C)(N)S(=O)(=O)C(F)(F)F. The first-order valence-electron chi connectivity index (χ1n) is 6.66. The van der Waals surface area contributed by atoms with Crippen LogP contribution in [0.3, 0.4) is 0 Å². The van der Waals surface area contributed by atoms with Gasteiger partial charge in [-0.25, -0.2) is 8.42 Å². The van der Waals surface area contributed by atoms with Crippen LogP contribution in [-0.2, 0) is 9.84 Å². The minimum absolute atomic E-state index is 0.164. The zero-order valence-electron chi connectivity index (χ0n) is 11.6. The monoisotopic (exact) mass is 303 g/mol. The molecular formula is C12H24F3NO2S. The maximum Gasteiger partial charge on any atom is 0.499 e. The van der Waals surface area contributed by atoms with Crippen LogP contribution in [-0.4, -0.2) is 18.8 Å². The quantitative estimate of drug-likeness (QED) is 0.660. The summed E-state index contributed by atoms with van der Waals surface area (Å²) in [4.78, 5) is -2.23. The van der Waals surface area contributed by atoms with E-state index in [9.17, 15) is 21.6 Å². The minimum Gasteiger partial charge on any atom is -0.313 e. The normalized spacial score (nSPS) is 16.3. The third kappa shape index (κ3) is 5.69. The van der Waals surface area contributed by atoms with Gasteiger partial charge in [0.1, 0.15) is 4.87 Å². The van der Waals surface area contributed by atoms with Gasteiger partial charge in [0.15, 0.2) is 0 Å². The van der Waals surface area contributed by atoms with Gasteiger partial charge in [0.05, 0.1) is 0 Å². The van der Waals surface area contributed by atoms with Crippen LogP contribution in [0.2, 0.25) is 0 Å². The van der Waals surface area contributed by atoms with E-state index < -0.39 is 20.2 Å². The standard InChI is InChI=1S/C12H24F3NO2S/c1-3-4-5-6-7-8-9-10-11(2,16)19(17,18)12(13,14)15/h3-10,16H2,1-2H3/t11-/m0/s1. The fourth-order valence-electron chi connectivity index (χ4n) is 1.83. The van der Waals surface area contributed by atoms with E-state index in [2.05, 4.69) is 6.92 Å². The van der Waals surface area contributed by atoms with E-state index in [1.165, 1.54) is 0 Å². The van der Waals surface area contributed by atoms with E-state index in [1.807, 2.05) is 0 Å². The van der Waals surface area contributed by atoms with Crippen LogP contribution in [0.4, 0.5) is 13.2 Å². The van der Waals surface area contributed by atoms with Crippen LogP contribution >= 0.6 is 0 Å². The first-order chi connectivity index (χ1) is 8.56. The molecule has 116 valence electrons. The van der Waals surface area contributed by atoms with Gasteiger partial charge in [0, 0.05) is 0 Å². The number of hydrogen-bond acceptors (Lipinski definition) is 3. The van der Waals surface area contributed by atoms with Crippen LogP contribution in [0, 0.1) is 0 Å². The lowest BCUT2D eigenvalue weighted by atomic mass is 10.1. The van der Waals surface area contributed by atoms with Gasteiger partial charge in [0.2, 0.25) is 0 Å². The first kappa shape index (κ1) is 18.7. The Morgan fingerprint density at radius 1 is 0.947 bits per heavy atom. The van der Waals surface area contributed by atoms with Crippen molar-refractivity contribution in [2.45, 2.75) is 75.6 Å². The molecule has 7 heteroatoms. The fraction of sp³-hybridized carbons (Fsp3) is 1.00. The van der Waals surface area contributed by atoms with Crippen LogP contribution in [0.15, 0.2) is 0 Å². The number of alkyl halides is 3. The van der Waals surface area contributed by atoms with E-state index >= 15 is 0 Å². The van der Waals surface area contributed by atoms with Gasteiger partial charge in [-0.3, -0.25) is 0 Å². The molecule has 0 rings (SSSR count). The van der Waals surface area contributed by atoms with Crippen molar-refractivity contribution in [3.63, 3.8) is 0 Å². The molecule has 0 aromatic carbocycles. The van der Waals surface area contributed by atoms with Crippen LogP contribution in [0.25, 0.3) is 0 Å². The van der Waals surface area contributed by atoms with Crippen molar-refractivity contribution >= 4 is 9.84 Å². The smallest absolute Gasteiger partial charge is 0.313 e. The molecule has 0 aliphatic heterocycles. The third-order valence-electron chi connectivity index (χ3n) is 3.20. The maximum absolute atomic E-state index is 12.4. The summed E-state index contributed by atoms with van der Waals surface area (Å²) in [6, 6.07) is 0. The molecule has 0 aliphatic carbocycles. The Morgan fingerprint density at radius 3 is 1.79 bits per heavy atom. The van der Waals surface area contributed by atoms with Crippen molar-refractivity contribution < 1.29 is 21.6 Å². The molecule has 0 saturated heterocycles. The maximum atomic E-state index is 12.4. The lowest BCUT2D eigenvalue weighted by Gasteiger charge is -2.25. The molecule has 0 saturated carbocycles. The molecule has 0 fully saturated rings. The van der Waals surface area contributed by atoms with E-state index in [4.69, 9.17) is 5.73 Å². The van der Waals surface area contributed by atoms with Crippen LogP contribution in [0.1, 0.15) is 65.2 Å². The Labute approximate surface area is 113 Å². The molecular weight excluding hydrogens is 279 g/mol. The highest BCUT2D eigenvalue weighted by atomic mass is 32.2. The summed E-state index contributed by atoms with van der Waals surface area (Å²) in [5.74, 6) is 0. The highest BCUT2D eigenvalue weighted by molar-refractivity contribution is 7.93. The Morgan fingerprint density at radius 2 is 1.37 bits per heavy atom. The number of nitrogens with two attached hydrogens (primary N) is 1. The second kappa shape index (κ2) is 7.47. The number of hydrogen-bond donors (Lipinski definition) is 1. The molecule has 0 amide bonds. The van der Waals surface area contributed by atoms with Crippen molar-refractivity contribution in [2.24, 2.45) is 5.73 Å². The van der Waals surface area contributed by atoms with Crippen molar-refractivity contribution in [1.82, 2.24) is 0 Å². The van der Waals surface area contributed by atoms with Crippen molar-refractivity contribution in [3.05, 3.63) is 0 Å². The summed E-state index contributed by atoms with van der Waals surface area (Å²) >= 11 is 0. The van der Waals surface area contributed by atoms with Gasteiger partial charge < -0.3 is 5.73 Å². The van der Waals surface area contributed by atoms with Crippen molar-refractivity contribution in [3.8, 4) is 0 Å². The number of sulfone groups is 1. The second-order valence-electron chi connectivity index (χ2n) is 5.13. The minimum atomic E-state index is -5.30. The number of rotatable bonds is 9. The van der Waals surface area contributed by atoms with E-state index in [1.54, 1.807) is 0 Å². The molecule has 0 aromatic heterocycles. The summed E-state index contributed by atoms with van der Waals surface area (Å²) < 4.78 is 59.6. The zero-order chi connectivity index (χ0) is 15.2. The van der Waals surface area contributed by atoms with Gasteiger partial charge in [-0.05, 0) is 13.3 Å². The van der Waals surface area contributed by atoms with E-state index in [0.717, 1.165) is 39.0 Å². The predicted octanol–water partition coefficient (Wildman–Crippen LogP) is 3.74. The summed E-state index contributed by atoms with van der Waals surface area (Å²) in [6.07, 6.45) is 6.27. The molecule has 0 aromatic rings. The lowest BCUT2D eigenvalue weighted by molar-refractivity contribution is -0.0458. The Kier molecular flexibility index (Phi) is 7.36. The van der Waals surface area contributed by atoms with Gasteiger partial charge in [-0.2, -0.15) is 13.2 Å². The van der Waals surface area contributed by atoms with Gasteiger partial charge in [0.25, 0.3) is 9.84 Å². The van der Waals surface area contributed by atoms with Gasteiger partial charge >= 0.3 is 5.51 Å². The van der Waals surface area contributed by atoms with Crippen LogP contribution < -0.4 is 5.73 Å². The molecule has 1 atom stereocenters. The molecule has 0 unspecified atom stereocenters. The van der Waals surface area contributed by atoms with Crippen LogP contribution in [0.5, 0.6) is 0 Å². The second-order valence-corrected chi connectivity index (χ2v) is 7.54. The average molecular weight is 303 g/mol. The molecule has 3 nitrogen and oxygen atoms in total. The summed E-state index contributed by atoms with van der Waals surface area (Å²) in [5, 5.41) is 0.